The fourth-order valence-corrected chi connectivity index (χ4v) is 4.55. The van der Waals surface area contributed by atoms with Gasteiger partial charge < -0.3 is 5.32 Å². The van der Waals surface area contributed by atoms with E-state index in [1.807, 2.05) is 18.5 Å². The minimum absolute atomic E-state index is 0.0124. The number of carbonyl (C=O) groups is 1. The van der Waals surface area contributed by atoms with Gasteiger partial charge in [0.15, 0.2) is 0 Å². The van der Waals surface area contributed by atoms with Crippen LogP contribution in [0.5, 0.6) is 0 Å². The van der Waals surface area contributed by atoms with E-state index in [1.54, 1.807) is 0 Å². The molecule has 142 valence electrons. The second-order valence-electron chi connectivity index (χ2n) is 8.11. The van der Waals surface area contributed by atoms with Gasteiger partial charge in [0, 0.05) is 31.0 Å². The van der Waals surface area contributed by atoms with Crippen LogP contribution in [0, 0.1) is 11.8 Å². The van der Waals surface area contributed by atoms with Crippen molar-refractivity contribution in [1.82, 2.24) is 26.1 Å². The van der Waals surface area contributed by atoms with Gasteiger partial charge in [-0.1, -0.05) is 12.5 Å². The van der Waals surface area contributed by atoms with E-state index in [4.69, 9.17) is 0 Å². The third-order valence-corrected chi connectivity index (χ3v) is 6.21. The van der Waals surface area contributed by atoms with Gasteiger partial charge >= 0.3 is 0 Å². The van der Waals surface area contributed by atoms with Gasteiger partial charge in [-0.3, -0.25) is 25.5 Å². The van der Waals surface area contributed by atoms with Crippen LogP contribution in [0.2, 0.25) is 0 Å². The van der Waals surface area contributed by atoms with Crippen LogP contribution in [0.15, 0.2) is 24.5 Å². The van der Waals surface area contributed by atoms with Crippen LogP contribution in [0.3, 0.4) is 0 Å². The van der Waals surface area contributed by atoms with E-state index in [1.165, 1.54) is 37.7 Å². The number of piperidine rings is 1. The van der Waals surface area contributed by atoms with Crippen molar-refractivity contribution in [2.75, 3.05) is 19.6 Å². The molecule has 3 heterocycles. The molecule has 4 unspecified atom stereocenters. The van der Waals surface area contributed by atoms with E-state index in [2.05, 4.69) is 39.0 Å². The number of nitrogens with one attached hydrogen (secondary N) is 3. The maximum atomic E-state index is 13.0. The highest BCUT2D eigenvalue weighted by molar-refractivity contribution is 5.80. The van der Waals surface area contributed by atoms with Crippen LogP contribution < -0.4 is 16.2 Å². The molecule has 0 radical (unpaired) electrons. The Labute approximate surface area is 156 Å². The monoisotopic (exact) mass is 357 g/mol. The van der Waals surface area contributed by atoms with Crippen LogP contribution in [-0.4, -0.2) is 47.5 Å². The zero-order valence-electron chi connectivity index (χ0n) is 15.7. The van der Waals surface area contributed by atoms with Gasteiger partial charge in [-0.05, 0) is 63.2 Å². The van der Waals surface area contributed by atoms with Crippen LogP contribution in [0.25, 0.3) is 0 Å². The Morgan fingerprint density at radius 1 is 1.31 bits per heavy atom. The molecule has 1 amide bonds. The van der Waals surface area contributed by atoms with Crippen molar-refractivity contribution in [3.05, 3.63) is 30.1 Å². The van der Waals surface area contributed by atoms with Gasteiger partial charge in [-0.15, -0.1) is 0 Å². The number of hydrogen-bond acceptors (Lipinski definition) is 5. The first-order valence-corrected chi connectivity index (χ1v) is 10.2. The molecule has 0 aromatic carbocycles. The summed E-state index contributed by atoms with van der Waals surface area (Å²) in [7, 11) is 0. The maximum Gasteiger partial charge on any atom is 0.226 e. The number of amides is 1. The van der Waals surface area contributed by atoms with Gasteiger partial charge in [0.2, 0.25) is 5.91 Å². The summed E-state index contributed by atoms with van der Waals surface area (Å²) in [6.45, 7) is 4.96. The Kier molecular flexibility index (Phi) is 5.52. The van der Waals surface area contributed by atoms with E-state index >= 15 is 0 Å². The molecule has 26 heavy (non-hydrogen) atoms. The van der Waals surface area contributed by atoms with Crippen molar-refractivity contribution < 1.29 is 4.79 Å². The second kappa shape index (κ2) is 8.03. The largest absolute Gasteiger partial charge is 0.354 e. The number of nitrogens with zero attached hydrogens (tertiary/aromatic N) is 2. The molecule has 3 aliphatic rings. The molecule has 1 saturated carbocycles. The van der Waals surface area contributed by atoms with Gasteiger partial charge in [-0.2, -0.15) is 0 Å². The fraction of sp³-hybridized carbons (Fsp3) is 0.700. The zero-order chi connectivity index (χ0) is 17.9. The van der Waals surface area contributed by atoms with Gasteiger partial charge in [0.05, 0.1) is 12.0 Å². The Balaban J connectivity index is 1.43. The molecule has 2 aliphatic heterocycles. The Morgan fingerprint density at radius 2 is 2.12 bits per heavy atom. The SMILES string of the molecule is CC1NNC(C2CC2)C1C(=O)NCC(c1cccnc1)N1CCCCC1. The van der Waals surface area contributed by atoms with E-state index < -0.39 is 0 Å². The van der Waals surface area contributed by atoms with Gasteiger partial charge in [0.25, 0.3) is 0 Å². The summed E-state index contributed by atoms with van der Waals surface area (Å²) in [4.78, 5) is 19.8. The molecular formula is C20H31N5O. The minimum Gasteiger partial charge on any atom is -0.354 e. The van der Waals surface area contributed by atoms with Crippen molar-refractivity contribution in [3.63, 3.8) is 0 Å². The van der Waals surface area contributed by atoms with E-state index in [-0.39, 0.29) is 30.0 Å². The van der Waals surface area contributed by atoms with Crippen molar-refractivity contribution in [3.8, 4) is 0 Å². The van der Waals surface area contributed by atoms with Crippen LogP contribution >= 0.6 is 0 Å². The highest BCUT2D eigenvalue weighted by atomic mass is 16.2. The van der Waals surface area contributed by atoms with Crippen molar-refractivity contribution in [1.29, 1.82) is 0 Å². The molecule has 2 saturated heterocycles. The number of pyridine rings is 1. The molecule has 4 atom stereocenters. The topological polar surface area (TPSA) is 69.3 Å². The molecule has 1 aromatic rings. The third-order valence-electron chi connectivity index (χ3n) is 6.21. The second-order valence-corrected chi connectivity index (χ2v) is 8.11. The molecule has 4 rings (SSSR count). The molecule has 6 heteroatoms. The lowest BCUT2D eigenvalue weighted by molar-refractivity contribution is -0.126. The highest BCUT2D eigenvalue weighted by Crippen LogP contribution is 2.38. The first-order valence-electron chi connectivity index (χ1n) is 10.2. The number of carbonyl (C=O) groups excluding carboxylic acids is 1. The Bertz CT molecular complexity index is 599. The van der Waals surface area contributed by atoms with Crippen LogP contribution in [0.4, 0.5) is 0 Å². The summed E-state index contributed by atoms with van der Waals surface area (Å²) in [5.74, 6) is 0.843. The standard InChI is InChI=1S/C20H31N5O/c1-14-18(19(24-23-14)15-7-8-15)20(26)22-13-17(16-6-5-9-21-12-16)25-10-3-2-4-11-25/h5-6,9,12,14-15,17-19,23-24H,2-4,7-8,10-11,13H2,1H3,(H,22,26). The van der Waals surface area contributed by atoms with E-state index in [9.17, 15) is 4.79 Å². The van der Waals surface area contributed by atoms with Crippen LogP contribution in [-0.2, 0) is 4.79 Å². The number of hydrazine groups is 1. The summed E-state index contributed by atoms with van der Waals surface area (Å²) >= 11 is 0. The molecular weight excluding hydrogens is 326 g/mol. The van der Waals surface area contributed by atoms with Gasteiger partial charge in [0.1, 0.15) is 0 Å². The molecule has 1 aromatic heterocycles. The summed E-state index contributed by atoms with van der Waals surface area (Å²) < 4.78 is 0. The summed E-state index contributed by atoms with van der Waals surface area (Å²) in [5, 5.41) is 3.28. The van der Waals surface area contributed by atoms with Crippen molar-refractivity contribution in [2.24, 2.45) is 11.8 Å². The predicted octanol–water partition coefficient (Wildman–Crippen LogP) is 1.62. The Morgan fingerprint density at radius 3 is 2.81 bits per heavy atom. The molecule has 3 fully saturated rings. The lowest BCUT2D eigenvalue weighted by Gasteiger charge is -2.35. The quantitative estimate of drug-likeness (QED) is 0.722. The molecule has 0 bridgehead atoms. The number of aromatic nitrogens is 1. The van der Waals surface area contributed by atoms with E-state index in [0.29, 0.717) is 12.5 Å². The zero-order valence-corrected chi connectivity index (χ0v) is 15.7. The molecule has 3 N–H and O–H groups in total. The minimum atomic E-state index is 0.0124. The summed E-state index contributed by atoms with van der Waals surface area (Å²) in [5.41, 5.74) is 7.82. The van der Waals surface area contributed by atoms with Gasteiger partial charge in [-0.25, -0.2) is 0 Å². The van der Waals surface area contributed by atoms with Crippen molar-refractivity contribution >= 4 is 5.91 Å². The summed E-state index contributed by atoms with van der Waals surface area (Å²) in [6.07, 6.45) is 10.0. The average molecular weight is 358 g/mol. The summed E-state index contributed by atoms with van der Waals surface area (Å²) in [6, 6.07) is 4.78. The fourth-order valence-electron chi connectivity index (χ4n) is 4.55. The molecule has 6 nitrogen and oxygen atoms in total. The molecule has 1 aliphatic carbocycles. The first-order chi connectivity index (χ1) is 12.7. The average Bonchev–Trinajstić information content (AvgIpc) is 3.45. The number of hydrogen-bond donors (Lipinski definition) is 3. The first kappa shape index (κ1) is 17.9. The van der Waals surface area contributed by atoms with E-state index in [0.717, 1.165) is 13.1 Å². The Hall–Kier alpha value is -1.50. The smallest absolute Gasteiger partial charge is 0.226 e. The number of rotatable bonds is 6. The lowest BCUT2D eigenvalue weighted by Crippen LogP contribution is -2.46. The maximum absolute atomic E-state index is 13.0. The normalized spacial score (nSPS) is 30.9. The van der Waals surface area contributed by atoms with Crippen LogP contribution in [0.1, 0.15) is 50.6 Å². The highest BCUT2D eigenvalue weighted by Gasteiger charge is 2.46. The van der Waals surface area contributed by atoms with Crippen molar-refractivity contribution in [2.45, 2.75) is 57.2 Å². The third kappa shape index (κ3) is 3.92. The number of likely N-dealkylation sites (tertiary alicyclic amines) is 1. The molecule has 0 spiro atoms. The lowest BCUT2D eigenvalue weighted by atomic mass is 9.91. The predicted molar refractivity (Wildman–Crippen MR) is 101 cm³/mol.